The van der Waals surface area contributed by atoms with Crippen molar-refractivity contribution in [3.8, 4) is 0 Å². The summed E-state index contributed by atoms with van der Waals surface area (Å²) in [7, 11) is 0. The quantitative estimate of drug-likeness (QED) is 0.854. The van der Waals surface area contributed by atoms with Gasteiger partial charge in [-0.3, -0.25) is 0 Å². The third-order valence-electron chi connectivity index (χ3n) is 3.06. The molecule has 3 nitrogen and oxygen atoms in total. The Bertz CT molecular complexity index is 498. The second-order valence-corrected chi connectivity index (χ2v) is 4.26. The molecule has 0 aliphatic rings. The van der Waals surface area contributed by atoms with Crippen LogP contribution in [0.5, 0.6) is 0 Å². The summed E-state index contributed by atoms with van der Waals surface area (Å²) >= 11 is 0. The van der Waals surface area contributed by atoms with E-state index in [9.17, 15) is 4.79 Å². The molecule has 0 heterocycles. The van der Waals surface area contributed by atoms with Gasteiger partial charge in [-0.05, 0) is 18.1 Å². The van der Waals surface area contributed by atoms with Gasteiger partial charge in [0.05, 0.1) is 6.61 Å². The lowest BCUT2D eigenvalue weighted by atomic mass is 9.84. The van der Waals surface area contributed by atoms with E-state index in [1.807, 2.05) is 60.7 Å². The molecule has 0 atom stereocenters. The summed E-state index contributed by atoms with van der Waals surface area (Å²) in [6.07, 6.45) is 0. The van der Waals surface area contributed by atoms with Gasteiger partial charge < -0.3 is 10.5 Å². The lowest BCUT2D eigenvalue weighted by Crippen LogP contribution is -2.47. The number of rotatable bonds is 4. The van der Waals surface area contributed by atoms with Crippen molar-refractivity contribution < 1.29 is 9.53 Å². The number of esters is 1. The minimum absolute atomic E-state index is 0.303. The highest BCUT2D eigenvalue weighted by Crippen LogP contribution is 2.28. The third-order valence-corrected chi connectivity index (χ3v) is 3.06. The van der Waals surface area contributed by atoms with Crippen LogP contribution in [0.25, 0.3) is 0 Å². The van der Waals surface area contributed by atoms with Gasteiger partial charge in [0.15, 0.2) is 5.54 Å². The minimum atomic E-state index is -1.27. The van der Waals surface area contributed by atoms with Crippen LogP contribution in [-0.2, 0) is 15.1 Å². The summed E-state index contributed by atoms with van der Waals surface area (Å²) < 4.78 is 5.15. The van der Waals surface area contributed by atoms with Gasteiger partial charge in [0.25, 0.3) is 0 Å². The van der Waals surface area contributed by atoms with E-state index in [4.69, 9.17) is 10.5 Å². The molecular formula is C16H17NO2. The average Bonchev–Trinajstić information content (AvgIpc) is 2.48. The molecule has 0 spiro atoms. The van der Waals surface area contributed by atoms with Crippen LogP contribution in [0.3, 0.4) is 0 Å². The zero-order chi connectivity index (χ0) is 13.7. The first-order chi connectivity index (χ1) is 9.19. The van der Waals surface area contributed by atoms with E-state index in [0.29, 0.717) is 6.61 Å². The first-order valence-electron chi connectivity index (χ1n) is 6.26. The van der Waals surface area contributed by atoms with E-state index >= 15 is 0 Å². The van der Waals surface area contributed by atoms with Crippen molar-refractivity contribution in [3.05, 3.63) is 71.8 Å². The van der Waals surface area contributed by atoms with Crippen LogP contribution < -0.4 is 5.73 Å². The number of carbonyl (C=O) groups is 1. The third kappa shape index (κ3) is 2.51. The molecule has 0 aromatic heterocycles. The normalized spacial score (nSPS) is 11.1. The predicted molar refractivity (Wildman–Crippen MR) is 74.5 cm³/mol. The molecule has 0 saturated heterocycles. The molecule has 0 bridgehead atoms. The maximum Gasteiger partial charge on any atom is 0.335 e. The summed E-state index contributed by atoms with van der Waals surface area (Å²) in [6, 6.07) is 18.6. The number of ether oxygens (including phenoxy) is 1. The summed E-state index contributed by atoms with van der Waals surface area (Å²) in [5, 5.41) is 0. The standard InChI is InChI=1S/C16H17NO2/c1-2-19-15(18)16(17,13-9-5-3-6-10-13)14-11-7-4-8-12-14/h3-12H,2,17H2,1H3. The number of hydrogen-bond acceptors (Lipinski definition) is 3. The van der Waals surface area contributed by atoms with E-state index in [-0.39, 0.29) is 0 Å². The van der Waals surface area contributed by atoms with Crippen LogP contribution in [0.1, 0.15) is 18.1 Å². The number of nitrogens with two attached hydrogens (primary N) is 1. The Morgan fingerprint density at radius 2 is 1.42 bits per heavy atom. The fourth-order valence-electron chi connectivity index (χ4n) is 2.05. The molecule has 0 radical (unpaired) electrons. The Labute approximate surface area is 113 Å². The van der Waals surface area contributed by atoms with Crippen LogP contribution in [0.2, 0.25) is 0 Å². The Kier molecular flexibility index (Phi) is 3.97. The average molecular weight is 255 g/mol. The monoisotopic (exact) mass is 255 g/mol. The summed E-state index contributed by atoms with van der Waals surface area (Å²) in [5.41, 5.74) is 6.57. The number of carbonyl (C=O) groups excluding carboxylic acids is 1. The Morgan fingerprint density at radius 3 is 1.79 bits per heavy atom. The SMILES string of the molecule is CCOC(=O)C(N)(c1ccccc1)c1ccccc1. The van der Waals surface area contributed by atoms with Crippen LogP contribution in [0, 0.1) is 0 Å². The highest BCUT2D eigenvalue weighted by atomic mass is 16.5. The van der Waals surface area contributed by atoms with Crippen molar-refractivity contribution in [2.75, 3.05) is 6.61 Å². The summed E-state index contributed by atoms with van der Waals surface area (Å²) in [5.74, 6) is -0.438. The van der Waals surface area contributed by atoms with Crippen LogP contribution in [0.15, 0.2) is 60.7 Å². The van der Waals surface area contributed by atoms with Crippen molar-refractivity contribution in [1.82, 2.24) is 0 Å². The molecule has 0 fully saturated rings. The van der Waals surface area contributed by atoms with E-state index < -0.39 is 11.5 Å². The summed E-state index contributed by atoms with van der Waals surface area (Å²) in [6.45, 7) is 2.08. The van der Waals surface area contributed by atoms with Gasteiger partial charge in [-0.25, -0.2) is 4.79 Å². The van der Waals surface area contributed by atoms with Crippen molar-refractivity contribution >= 4 is 5.97 Å². The maximum atomic E-state index is 12.3. The van der Waals surface area contributed by atoms with Gasteiger partial charge in [-0.2, -0.15) is 0 Å². The Morgan fingerprint density at radius 1 is 1.00 bits per heavy atom. The predicted octanol–water partition coefficient (Wildman–Crippen LogP) is 2.45. The van der Waals surface area contributed by atoms with Gasteiger partial charge in [0.1, 0.15) is 0 Å². The van der Waals surface area contributed by atoms with Crippen molar-refractivity contribution in [2.24, 2.45) is 5.73 Å². The lowest BCUT2D eigenvalue weighted by molar-refractivity contribution is -0.148. The van der Waals surface area contributed by atoms with Gasteiger partial charge in [-0.1, -0.05) is 60.7 Å². The molecule has 0 saturated carbocycles. The van der Waals surface area contributed by atoms with Crippen molar-refractivity contribution in [2.45, 2.75) is 12.5 Å². The second kappa shape index (κ2) is 5.67. The molecule has 2 aromatic rings. The highest BCUT2D eigenvalue weighted by Gasteiger charge is 2.39. The lowest BCUT2D eigenvalue weighted by Gasteiger charge is -2.28. The fourth-order valence-corrected chi connectivity index (χ4v) is 2.05. The molecule has 0 aliphatic carbocycles. The van der Waals surface area contributed by atoms with E-state index in [1.54, 1.807) is 6.92 Å². The Hall–Kier alpha value is -2.13. The number of benzene rings is 2. The minimum Gasteiger partial charge on any atom is -0.464 e. The van der Waals surface area contributed by atoms with Gasteiger partial charge in [0.2, 0.25) is 0 Å². The molecule has 2 aromatic carbocycles. The van der Waals surface area contributed by atoms with Crippen molar-refractivity contribution in [1.29, 1.82) is 0 Å². The molecular weight excluding hydrogens is 238 g/mol. The topological polar surface area (TPSA) is 52.3 Å². The molecule has 19 heavy (non-hydrogen) atoms. The maximum absolute atomic E-state index is 12.3. The highest BCUT2D eigenvalue weighted by molar-refractivity contribution is 5.86. The van der Waals surface area contributed by atoms with Gasteiger partial charge >= 0.3 is 5.97 Å². The molecule has 3 heteroatoms. The van der Waals surface area contributed by atoms with Crippen molar-refractivity contribution in [3.63, 3.8) is 0 Å². The zero-order valence-corrected chi connectivity index (χ0v) is 10.9. The van der Waals surface area contributed by atoms with E-state index in [1.165, 1.54) is 0 Å². The van der Waals surface area contributed by atoms with Crippen LogP contribution in [0.4, 0.5) is 0 Å². The molecule has 2 rings (SSSR count). The molecule has 0 unspecified atom stereocenters. The van der Waals surface area contributed by atoms with Gasteiger partial charge in [0, 0.05) is 0 Å². The fraction of sp³-hybridized carbons (Fsp3) is 0.188. The van der Waals surface area contributed by atoms with E-state index in [2.05, 4.69) is 0 Å². The largest absolute Gasteiger partial charge is 0.464 e. The van der Waals surface area contributed by atoms with Gasteiger partial charge in [-0.15, -0.1) is 0 Å². The summed E-state index contributed by atoms with van der Waals surface area (Å²) in [4.78, 5) is 12.3. The Balaban J connectivity index is 2.54. The molecule has 0 aliphatic heterocycles. The van der Waals surface area contributed by atoms with Crippen LogP contribution in [-0.4, -0.2) is 12.6 Å². The van der Waals surface area contributed by atoms with E-state index in [0.717, 1.165) is 11.1 Å². The molecule has 0 amide bonds. The molecule has 98 valence electrons. The first kappa shape index (κ1) is 13.3. The second-order valence-electron chi connectivity index (χ2n) is 4.26. The molecule has 2 N–H and O–H groups in total. The smallest absolute Gasteiger partial charge is 0.335 e. The first-order valence-corrected chi connectivity index (χ1v) is 6.26. The van der Waals surface area contributed by atoms with Crippen LogP contribution >= 0.6 is 0 Å². The zero-order valence-electron chi connectivity index (χ0n) is 10.9. The number of hydrogen-bond donors (Lipinski definition) is 1.